The Hall–Kier alpha value is -2.04. The number of carbonyl (C=O) groups excluding carboxylic acids is 2. The first-order valence-electron chi connectivity index (χ1n) is 8.53. The number of amides is 1. The van der Waals surface area contributed by atoms with Gasteiger partial charge in [0.25, 0.3) is 0 Å². The fraction of sp³-hybridized carbons (Fsp3) is 0.579. The smallest absolute Gasteiger partial charge is 0.410 e. The maximum atomic E-state index is 12.5. The van der Waals surface area contributed by atoms with Crippen molar-refractivity contribution in [1.29, 1.82) is 0 Å². The monoisotopic (exact) mass is 331 g/mol. The number of benzene rings is 1. The summed E-state index contributed by atoms with van der Waals surface area (Å²) in [5, 5.41) is 0. The highest BCUT2D eigenvalue weighted by molar-refractivity contribution is 5.80. The third-order valence-electron chi connectivity index (χ3n) is 4.80. The second-order valence-corrected chi connectivity index (χ2v) is 7.76. The third kappa shape index (κ3) is 3.40. The maximum absolute atomic E-state index is 12.5. The summed E-state index contributed by atoms with van der Waals surface area (Å²) in [5.74, 6) is -0.125. The summed E-state index contributed by atoms with van der Waals surface area (Å²) in [6.07, 6.45) is 1.48. The lowest BCUT2D eigenvalue weighted by molar-refractivity contribution is -0.151. The minimum absolute atomic E-state index is 0.125. The van der Waals surface area contributed by atoms with Crippen molar-refractivity contribution in [3.8, 4) is 0 Å². The molecule has 1 atom stereocenters. The summed E-state index contributed by atoms with van der Waals surface area (Å²) >= 11 is 0. The standard InChI is InChI=1S/C19H25NO4/c1-18(2,3)24-17(22)20-11-9-19(10-12-20)13-15(23-16(19)21)14-7-5-4-6-8-14/h4-8,15H,9-13H2,1-3H3. The summed E-state index contributed by atoms with van der Waals surface area (Å²) in [4.78, 5) is 26.3. The van der Waals surface area contributed by atoms with Crippen LogP contribution in [0.3, 0.4) is 0 Å². The normalized spacial score (nSPS) is 23.2. The molecule has 0 radical (unpaired) electrons. The molecule has 3 rings (SSSR count). The van der Waals surface area contributed by atoms with E-state index in [1.54, 1.807) is 4.90 Å². The lowest BCUT2D eigenvalue weighted by Gasteiger charge is -2.37. The molecule has 1 unspecified atom stereocenters. The summed E-state index contributed by atoms with van der Waals surface area (Å²) in [7, 11) is 0. The molecule has 1 aromatic rings. The lowest BCUT2D eigenvalue weighted by Crippen LogP contribution is -2.46. The van der Waals surface area contributed by atoms with Crippen molar-refractivity contribution >= 4 is 12.1 Å². The van der Waals surface area contributed by atoms with E-state index in [0.717, 1.165) is 5.56 Å². The Labute approximate surface area is 142 Å². The van der Waals surface area contributed by atoms with Gasteiger partial charge in [-0.3, -0.25) is 4.79 Å². The molecule has 0 saturated carbocycles. The molecule has 2 fully saturated rings. The molecule has 1 spiro atoms. The Morgan fingerprint density at radius 3 is 2.42 bits per heavy atom. The molecule has 1 aromatic carbocycles. The highest BCUT2D eigenvalue weighted by Crippen LogP contribution is 2.48. The Morgan fingerprint density at radius 2 is 1.83 bits per heavy atom. The Balaban J connectivity index is 1.63. The van der Waals surface area contributed by atoms with Crippen LogP contribution >= 0.6 is 0 Å². The second kappa shape index (κ2) is 6.11. The predicted octanol–water partition coefficient (Wildman–Crippen LogP) is 3.69. The van der Waals surface area contributed by atoms with E-state index >= 15 is 0 Å². The van der Waals surface area contributed by atoms with Gasteiger partial charge in [0.05, 0.1) is 5.41 Å². The largest absolute Gasteiger partial charge is 0.457 e. The molecule has 0 bridgehead atoms. The van der Waals surface area contributed by atoms with Crippen LogP contribution in [0.5, 0.6) is 0 Å². The van der Waals surface area contributed by atoms with Gasteiger partial charge in [-0.2, -0.15) is 0 Å². The molecule has 0 N–H and O–H groups in total. The van der Waals surface area contributed by atoms with Crippen molar-refractivity contribution in [3.63, 3.8) is 0 Å². The number of piperidine rings is 1. The van der Waals surface area contributed by atoms with Gasteiger partial charge in [0.15, 0.2) is 0 Å². The molecule has 2 heterocycles. The molecule has 130 valence electrons. The SMILES string of the molecule is CC(C)(C)OC(=O)N1CCC2(CC1)CC(c1ccccc1)OC2=O. The van der Waals surface area contributed by atoms with Crippen LogP contribution in [0.15, 0.2) is 30.3 Å². The number of cyclic esters (lactones) is 1. The molecular formula is C19H25NO4. The van der Waals surface area contributed by atoms with Crippen LogP contribution in [0, 0.1) is 5.41 Å². The average Bonchev–Trinajstić information content (AvgIpc) is 2.84. The molecule has 1 amide bonds. The van der Waals surface area contributed by atoms with E-state index in [-0.39, 0.29) is 18.2 Å². The van der Waals surface area contributed by atoms with Crippen LogP contribution in [0.25, 0.3) is 0 Å². The van der Waals surface area contributed by atoms with Crippen LogP contribution < -0.4 is 0 Å². The minimum Gasteiger partial charge on any atom is -0.457 e. The van der Waals surface area contributed by atoms with Gasteiger partial charge >= 0.3 is 12.1 Å². The van der Waals surface area contributed by atoms with Gasteiger partial charge in [-0.25, -0.2) is 4.79 Å². The predicted molar refractivity (Wildman–Crippen MR) is 89.4 cm³/mol. The van der Waals surface area contributed by atoms with Crippen molar-refractivity contribution < 1.29 is 19.1 Å². The van der Waals surface area contributed by atoms with E-state index in [1.807, 2.05) is 51.1 Å². The molecular weight excluding hydrogens is 306 g/mol. The lowest BCUT2D eigenvalue weighted by atomic mass is 9.75. The van der Waals surface area contributed by atoms with E-state index in [4.69, 9.17) is 9.47 Å². The van der Waals surface area contributed by atoms with E-state index in [0.29, 0.717) is 32.4 Å². The Morgan fingerprint density at radius 1 is 1.21 bits per heavy atom. The van der Waals surface area contributed by atoms with Gasteiger partial charge in [-0.15, -0.1) is 0 Å². The number of nitrogens with zero attached hydrogens (tertiary/aromatic N) is 1. The summed E-state index contributed by atoms with van der Waals surface area (Å²) in [6.45, 7) is 6.64. The molecule has 5 heteroatoms. The van der Waals surface area contributed by atoms with Gasteiger partial charge in [0.2, 0.25) is 0 Å². The van der Waals surface area contributed by atoms with Crippen molar-refractivity contribution in [2.45, 2.75) is 51.7 Å². The third-order valence-corrected chi connectivity index (χ3v) is 4.80. The van der Waals surface area contributed by atoms with Crippen molar-refractivity contribution in [2.75, 3.05) is 13.1 Å². The molecule has 2 aliphatic heterocycles. The minimum atomic E-state index is -0.503. The van der Waals surface area contributed by atoms with Crippen LogP contribution in [-0.4, -0.2) is 35.7 Å². The van der Waals surface area contributed by atoms with Crippen molar-refractivity contribution in [3.05, 3.63) is 35.9 Å². The van der Waals surface area contributed by atoms with Gasteiger partial charge in [-0.1, -0.05) is 30.3 Å². The first kappa shape index (κ1) is 16.8. The first-order chi connectivity index (χ1) is 11.3. The van der Waals surface area contributed by atoms with E-state index in [2.05, 4.69) is 0 Å². The molecule has 2 aliphatic rings. The highest BCUT2D eigenvalue weighted by atomic mass is 16.6. The van der Waals surface area contributed by atoms with Gasteiger partial charge in [0.1, 0.15) is 11.7 Å². The zero-order valence-electron chi connectivity index (χ0n) is 14.6. The number of hydrogen-bond acceptors (Lipinski definition) is 4. The van der Waals surface area contributed by atoms with Gasteiger partial charge < -0.3 is 14.4 Å². The van der Waals surface area contributed by atoms with Crippen LogP contribution in [0.1, 0.15) is 51.7 Å². The number of ether oxygens (including phenoxy) is 2. The highest BCUT2D eigenvalue weighted by Gasteiger charge is 2.51. The van der Waals surface area contributed by atoms with E-state index in [1.165, 1.54) is 0 Å². The zero-order chi connectivity index (χ0) is 17.4. The van der Waals surface area contributed by atoms with Crippen LogP contribution in [0.2, 0.25) is 0 Å². The average molecular weight is 331 g/mol. The Bertz CT molecular complexity index is 612. The van der Waals surface area contributed by atoms with Crippen LogP contribution in [0.4, 0.5) is 4.79 Å². The molecule has 5 nitrogen and oxygen atoms in total. The van der Waals surface area contributed by atoms with Crippen molar-refractivity contribution in [2.24, 2.45) is 5.41 Å². The quantitative estimate of drug-likeness (QED) is 0.737. The molecule has 0 aliphatic carbocycles. The summed E-state index contributed by atoms with van der Waals surface area (Å²) in [6, 6.07) is 9.85. The fourth-order valence-electron chi connectivity index (χ4n) is 3.44. The van der Waals surface area contributed by atoms with Crippen molar-refractivity contribution in [1.82, 2.24) is 4.90 Å². The number of carbonyl (C=O) groups is 2. The van der Waals surface area contributed by atoms with E-state index in [9.17, 15) is 9.59 Å². The maximum Gasteiger partial charge on any atom is 0.410 e. The summed E-state index contributed by atoms with van der Waals surface area (Å²) < 4.78 is 11.1. The number of rotatable bonds is 1. The topological polar surface area (TPSA) is 55.8 Å². The van der Waals surface area contributed by atoms with E-state index < -0.39 is 11.0 Å². The Kier molecular flexibility index (Phi) is 4.28. The molecule has 24 heavy (non-hydrogen) atoms. The molecule has 0 aromatic heterocycles. The number of likely N-dealkylation sites (tertiary alicyclic amines) is 1. The fourth-order valence-corrected chi connectivity index (χ4v) is 3.44. The summed E-state index contributed by atoms with van der Waals surface area (Å²) in [5.41, 5.74) is 0.0768. The van der Waals surface area contributed by atoms with Gasteiger partial charge in [-0.05, 0) is 39.2 Å². The number of esters is 1. The zero-order valence-corrected chi connectivity index (χ0v) is 14.6. The first-order valence-corrected chi connectivity index (χ1v) is 8.53. The second-order valence-electron chi connectivity index (χ2n) is 7.76. The number of hydrogen-bond donors (Lipinski definition) is 0. The molecule has 2 saturated heterocycles. The van der Waals surface area contributed by atoms with Gasteiger partial charge in [0, 0.05) is 19.5 Å². The van der Waals surface area contributed by atoms with Crippen LogP contribution in [-0.2, 0) is 14.3 Å².